The van der Waals surface area contributed by atoms with Crippen LogP contribution in [0.25, 0.3) is 27.5 Å². The molecule has 1 fully saturated rings. The lowest BCUT2D eigenvalue weighted by molar-refractivity contribution is 0.0600. The number of aryl methyl sites for hydroxylation is 2. The van der Waals surface area contributed by atoms with Gasteiger partial charge in [-0.15, -0.1) is 11.3 Å². The van der Waals surface area contributed by atoms with E-state index in [1.54, 1.807) is 0 Å². The number of thiazole rings is 1. The second-order valence-electron chi connectivity index (χ2n) is 11.8. The molecule has 1 aliphatic rings. The Morgan fingerprint density at radius 3 is 2.40 bits per heavy atom. The van der Waals surface area contributed by atoms with Gasteiger partial charge in [0.1, 0.15) is 5.01 Å². The van der Waals surface area contributed by atoms with E-state index in [0.717, 1.165) is 53.2 Å². The van der Waals surface area contributed by atoms with E-state index in [-0.39, 0.29) is 29.5 Å². The van der Waals surface area contributed by atoms with E-state index in [0.29, 0.717) is 34.1 Å². The highest BCUT2D eigenvalue weighted by molar-refractivity contribution is 7.13. The quantitative estimate of drug-likeness (QED) is 0.224. The fourth-order valence-corrected chi connectivity index (χ4v) is 6.93. The number of halogens is 1. The maximum atomic E-state index is 14.7. The maximum absolute atomic E-state index is 14.7. The van der Waals surface area contributed by atoms with Crippen LogP contribution < -0.4 is 10.9 Å². The molecule has 4 aromatic rings. The highest BCUT2D eigenvalue weighted by Crippen LogP contribution is 2.32. The van der Waals surface area contributed by atoms with Crippen LogP contribution in [0.4, 0.5) is 0 Å². The number of nitrogens with one attached hydrogen (secondary N) is 1. The molecule has 5 rings (SSSR count). The molecule has 3 heterocycles. The van der Waals surface area contributed by atoms with Gasteiger partial charge in [0.2, 0.25) is 0 Å². The van der Waals surface area contributed by atoms with Crippen molar-refractivity contribution in [2.24, 2.45) is 5.92 Å². The van der Waals surface area contributed by atoms with E-state index >= 15 is 0 Å². The Kier molecular flexibility index (Phi) is 9.54. The molecule has 2 atom stereocenters. The number of amides is 1. The standard InChI is InChI=1S/C35H41ClN4O2S/c1-7-24-10-9-11-25(8-2)32(24)40-31(18-21(3)4)28(34(41)39-17-16-37-22(5)23(39)6)19-29(35(40)42)33-38-30(20-43-33)26-12-14-27(36)15-13-26/h9-15,19-23,37H,7-8,16-18H2,1-6H3. The van der Waals surface area contributed by atoms with E-state index in [4.69, 9.17) is 16.6 Å². The van der Waals surface area contributed by atoms with Crippen molar-refractivity contribution in [2.75, 3.05) is 13.1 Å². The van der Waals surface area contributed by atoms with Crippen molar-refractivity contribution in [2.45, 2.75) is 72.9 Å². The average Bonchev–Trinajstić information content (AvgIpc) is 3.48. The number of rotatable bonds is 8. The summed E-state index contributed by atoms with van der Waals surface area (Å²) in [6.45, 7) is 14.1. The number of carbonyl (C=O) groups excluding carboxylic acids is 1. The predicted molar refractivity (Wildman–Crippen MR) is 179 cm³/mol. The average molecular weight is 617 g/mol. The Balaban J connectivity index is 1.81. The molecule has 1 N–H and O–H groups in total. The topological polar surface area (TPSA) is 67.2 Å². The minimum atomic E-state index is -0.137. The Bertz CT molecular complexity index is 1650. The molecule has 0 spiro atoms. The summed E-state index contributed by atoms with van der Waals surface area (Å²) in [4.78, 5) is 36.2. The van der Waals surface area contributed by atoms with Gasteiger partial charge in [-0.25, -0.2) is 4.98 Å². The van der Waals surface area contributed by atoms with Gasteiger partial charge in [-0.05, 0) is 68.4 Å². The first kappa shape index (κ1) is 31.2. The molecule has 0 bridgehead atoms. The molecule has 0 aliphatic carbocycles. The van der Waals surface area contributed by atoms with Crippen LogP contribution in [0.2, 0.25) is 5.02 Å². The van der Waals surface area contributed by atoms with Crippen LogP contribution in [0.5, 0.6) is 0 Å². The van der Waals surface area contributed by atoms with Crippen molar-refractivity contribution in [3.8, 4) is 27.5 Å². The Labute approximate surface area is 263 Å². The van der Waals surface area contributed by atoms with E-state index in [9.17, 15) is 9.59 Å². The Hall–Kier alpha value is -3.26. The number of para-hydroxylation sites is 1. The van der Waals surface area contributed by atoms with Gasteiger partial charge in [0.05, 0.1) is 22.5 Å². The second kappa shape index (κ2) is 13.2. The number of aromatic nitrogens is 2. The minimum Gasteiger partial charge on any atom is -0.333 e. The fourth-order valence-electron chi connectivity index (χ4n) is 5.97. The number of piperazine rings is 1. The van der Waals surface area contributed by atoms with E-state index < -0.39 is 0 Å². The molecule has 6 nitrogen and oxygen atoms in total. The van der Waals surface area contributed by atoms with Crippen LogP contribution >= 0.6 is 22.9 Å². The smallest absolute Gasteiger partial charge is 0.265 e. The van der Waals surface area contributed by atoms with E-state index in [1.807, 2.05) is 45.2 Å². The lowest BCUT2D eigenvalue weighted by Gasteiger charge is -2.39. The van der Waals surface area contributed by atoms with Crippen molar-refractivity contribution < 1.29 is 4.79 Å². The van der Waals surface area contributed by atoms with Gasteiger partial charge >= 0.3 is 0 Å². The summed E-state index contributed by atoms with van der Waals surface area (Å²) < 4.78 is 1.86. The first-order chi connectivity index (χ1) is 20.6. The second-order valence-corrected chi connectivity index (χ2v) is 13.1. The summed E-state index contributed by atoms with van der Waals surface area (Å²) in [6.07, 6.45) is 2.14. The fraction of sp³-hybridized carbons (Fsp3) is 0.400. The zero-order valence-electron chi connectivity index (χ0n) is 25.9. The van der Waals surface area contributed by atoms with Gasteiger partial charge in [-0.1, -0.05) is 69.6 Å². The van der Waals surface area contributed by atoms with Crippen molar-refractivity contribution in [3.05, 3.63) is 91.7 Å². The lowest BCUT2D eigenvalue weighted by Crippen LogP contribution is -2.57. The van der Waals surface area contributed by atoms with Crippen LogP contribution in [0.15, 0.2) is 58.7 Å². The molecule has 43 heavy (non-hydrogen) atoms. The van der Waals surface area contributed by atoms with Crippen LogP contribution in [0.3, 0.4) is 0 Å². The number of carbonyl (C=O) groups is 1. The number of pyridine rings is 1. The van der Waals surface area contributed by atoms with Gasteiger partial charge in [0.25, 0.3) is 11.5 Å². The molecule has 0 saturated carbocycles. The lowest BCUT2D eigenvalue weighted by atomic mass is 9.96. The summed E-state index contributed by atoms with van der Waals surface area (Å²) >= 11 is 7.55. The molecule has 1 amide bonds. The summed E-state index contributed by atoms with van der Waals surface area (Å²) in [7, 11) is 0. The summed E-state index contributed by atoms with van der Waals surface area (Å²) in [5.41, 5.74) is 6.45. The molecular weight excluding hydrogens is 576 g/mol. The maximum Gasteiger partial charge on any atom is 0.265 e. The zero-order valence-corrected chi connectivity index (χ0v) is 27.5. The molecule has 2 aromatic heterocycles. The van der Waals surface area contributed by atoms with Crippen molar-refractivity contribution >= 4 is 28.8 Å². The van der Waals surface area contributed by atoms with Crippen LogP contribution in [-0.2, 0) is 19.3 Å². The molecule has 1 aliphatic heterocycles. The first-order valence-corrected chi connectivity index (χ1v) is 16.6. The third-order valence-electron chi connectivity index (χ3n) is 8.49. The van der Waals surface area contributed by atoms with Gasteiger partial charge < -0.3 is 10.2 Å². The highest BCUT2D eigenvalue weighted by Gasteiger charge is 2.33. The van der Waals surface area contributed by atoms with Crippen LogP contribution in [0.1, 0.15) is 68.7 Å². The minimum absolute atomic E-state index is 0.0162. The van der Waals surface area contributed by atoms with Gasteiger partial charge in [-0.2, -0.15) is 0 Å². The zero-order chi connectivity index (χ0) is 30.8. The van der Waals surface area contributed by atoms with Crippen molar-refractivity contribution in [1.82, 2.24) is 19.8 Å². The summed E-state index contributed by atoms with van der Waals surface area (Å²) in [6, 6.07) is 15.8. The monoisotopic (exact) mass is 616 g/mol. The molecule has 2 aromatic carbocycles. The van der Waals surface area contributed by atoms with Gasteiger partial charge in [0, 0.05) is 46.8 Å². The number of benzene rings is 2. The first-order valence-electron chi connectivity index (χ1n) is 15.3. The van der Waals surface area contributed by atoms with E-state index in [2.05, 4.69) is 65.1 Å². The van der Waals surface area contributed by atoms with Gasteiger partial charge in [-0.3, -0.25) is 14.2 Å². The number of nitrogens with zero attached hydrogens (tertiary/aromatic N) is 3. The number of hydrogen-bond donors (Lipinski definition) is 1. The molecule has 2 unspecified atom stereocenters. The third-order valence-corrected chi connectivity index (χ3v) is 9.62. The molecule has 226 valence electrons. The molecular formula is C35H41ClN4O2S. The third kappa shape index (κ3) is 6.21. The largest absolute Gasteiger partial charge is 0.333 e. The Morgan fingerprint density at radius 1 is 1.09 bits per heavy atom. The summed E-state index contributed by atoms with van der Waals surface area (Å²) in [5.74, 6) is 0.200. The van der Waals surface area contributed by atoms with E-state index in [1.165, 1.54) is 11.3 Å². The predicted octanol–water partition coefficient (Wildman–Crippen LogP) is 7.43. The normalized spacial score (nSPS) is 17.1. The molecule has 1 saturated heterocycles. The van der Waals surface area contributed by atoms with Crippen LogP contribution in [0, 0.1) is 5.92 Å². The molecule has 8 heteroatoms. The van der Waals surface area contributed by atoms with Crippen LogP contribution in [-0.4, -0.2) is 45.5 Å². The molecule has 0 radical (unpaired) electrons. The van der Waals surface area contributed by atoms with Crippen molar-refractivity contribution in [1.29, 1.82) is 0 Å². The number of hydrogen-bond acceptors (Lipinski definition) is 5. The Morgan fingerprint density at radius 2 is 1.77 bits per heavy atom. The SMILES string of the molecule is CCc1cccc(CC)c1-n1c(CC(C)C)c(C(=O)N2CCNC(C)C2C)cc(-c2nc(-c3ccc(Cl)cc3)cs2)c1=O. The highest BCUT2D eigenvalue weighted by atomic mass is 35.5. The van der Waals surface area contributed by atoms with Gasteiger partial charge in [0.15, 0.2) is 0 Å². The summed E-state index contributed by atoms with van der Waals surface area (Å²) in [5, 5.41) is 6.70. The van der Waals surface area contributed by atoms with Crippen molar-refractivity contribution in [3.63, 3.8) is 0 Å².